The molecular weight excluding hydrogens is 320 g/mol. The number of rotatable bonds is 3. The molecule has 0 saturated heterocycles. The second-order valence-corrected chi connectivity index (χ2v) is 5.17. The molecule has 3 rings (SSSR count). The maximum absolute atomic E-state index is 12.5. The monoisotopic (exact) mass is 336 g/mol. The highest BCUT2D eigenvalue weighted by Gasteiger charge is 2.28. The Hall–Kier alpha value is -3.41. The van der Waals surface area contributed by atoms with E-state index in [1.54, 1.807) is 29.4 Å². The van der Waals surface area contributed by atoms with Gasteiger partial charge in [0.1, 0.15) is 5.70 Å². The highest BCUT2D eigenvalue weighted by Crippen LogP contribution is 2.31. The number of carbonyl (C=O) groups is 2. The van der Waals surface area contributed by atoms with Gasteiger partial charge in [-0.15, -0.1) is 0 Å². The first-order valence-corrected chi connectivity index (χ1v) is 7.56. The van der Waals surface area contributed by atoms with Crippen molar-refractivity contribution in [3.05, 3.63) is 72.2 Å². The predicted molar refractivity (Wildman–Crippen MR) is 93.6 cm³/mol. The van der Waals surface area contributed by atoms with Crippen LogP contribution >= 0.6 is 0 Å². The molecule has 0 N–H and O–H groups in total. The molecule has 25 heavy (non-hydrogen) atoms. The number of benzene rings is 1. The summed E-state index contributed by atoms with van der Waals surface area (Å²) in [5.41, 5.74) is 1.52. The zero-order valence-electron chi connectivity index (χ0n) is 13.8. The van der Waals surface area contributed by atoms with Crippen LogP contribution in [0.5, 0.6) is 0 Å². The molecule has 126 valence electrons. The first-order chi connectivity index (χ1) is 12.2. The fourth-order valence-electron chi connectivity index (χ4n) is 2.63. The fraction of sp³-hybridized carbons (Fsp3) is 0.105. The average molecular weight is 336 g/mol. The maximum atomic E-state index is 12.5. The van der Waals surface area contributed by atoms with E-state index in [1.165, 1.54) is 20.3 Å². The number of carbonyl (C=O) groups excluding carboxylic acids is 2. The van der Waals surface area contributed by atoms with Crippen molar-refractivity contribution in [2.45, 2.75) is 0 Å². The Balaban J connectivity index is 2.28. The number of pyridine rings is 1. The van der Waals surface area contributed by atoms with Crippen LogP contribution in [0.25, 0.3) is 10.9 Å². The zero-order chi connectivity index (χ0) is 17.8. The Morgan fingerprint density at radius 3 is 2.52 bits per heavy atom. The van der Waals surface area contributed by atoms with Crippen LogP contribution < -0.4 is 4.90 Å². The summed E-state index contributed by atoms with van der Waals surface area (Å²) < 4.78 is 9.72. The third-order valence-electron chi connectivity index (χ3n) is 3.76. The largest absolute Gasteiger partial charge is 0.465 e. The smallest absolute Gasteiger partial charge is 0.355 e. The van der Waals surface area contributed by atoms with Gasteiger partial charge in [-0.1, -0.05) is 24.3 Å². The van der Waals surface area contributed by atoms with E-state index in [1.807, 2.05) is 30.3 Å². The van der Waals surface area contributed by atoms with Crippen molar-refractivity contribution >= 4 is 28.5 Å². The van der Waals surface area contributed by atoms with E-state index in [2.05, 4.69) is 4.98 Å². The van der Waals surface area contributed by atoms with Gasteiger partial charge < -0.3 is 14.4 Å². The number of anilines is 1. The molecule has 0 bridgehead atoms. The minimum Gasteiger partial charge on any atom is -0.465 e. The first-order valence-electron chi connectivity index (χ1n) is 7.56. The molecule has 1 aromatic heterocycles. The van der Waals surface area contributed by atoms with Crippen LogP contribution in [-0.4, -0.2) is 31.1 Å². The number of fused-ring (bicyclic) bond motifs is 1. The molecule has 1 aromatic carbocycles. The number of hydrogen-bond donors (Lipinski definition) is 0. The lowest BCUT2D eigenvalue weighted by atomic mass is 10.1. The van der Waals surface area contributed by atoms with Crippen LogP contribution in [0.1, 0.15) is 0 Å². The van der Waals surface area contributed by atoms with E-state index in [0.717, 1.165) is 5.39 Å². The molecule has 0 spiro atoms. The van der Waals surface area contributed by atoms with E-state index >= 15 is 0 Å². The summed E-state index contributed by atoms with van der Waals surface area (Å²) in [5.74, 6) is -1.27. The van der Waals surface area contributed by atoms with Gasteiger partial charge in [0.25, 0.3) is 0 Å². The van der Waals surface area contributed by atoms with E-state index in [-0.39, 0.29) is 11.3 Å². The van der Waals surface area contributed by atoms with Gasteiger partial charge in [-0.05, 0) is 24.3 Å². The Labute approximate surface area is 144 Å². The van der Waals surface area contributed by atoms with Crippen molar-refractivity contribution in [2.24, 2.45) is 0 Å². The second kappa shape index (κ2) is 7.00. The predicted octanol–water partition coefficient (Wildman–Crippen LogP) is 2.72. The zero-order valence-corrected chi connectivity index (χ0v) is 13.8. The normalized spacial score (nSPS) is 13.8. The Bertz CT molecular complexity index is 923. The van der Waals surface area contributed by atoms with Crippen molar-refractivity contribution in [3.63, 3.8) is 0 Å². The standard InChI is InChI=1S/C19H16N2O4/c1-24-18(22)14-9-3-4-12-21(17(14)19(23)25-2)15-10-5-7-13-8-6-11-20-16(13)15/h3-12H,1-2H3. The Kier molecular flexibility index (Phi) is 4.61. The van der Waals surface area contributed by atoms with Crippen molar-refractivity contribution in [1.82, 2.24) is 4.98 Å². The van der Waals surface area contributed by atoms with E-state index < -0.39 is 11.9 Å². The molecule has 0 unspecified atom stereocenters. The molecule has 0 amide bonds. The van der Waals surface area contributed by atoms with Gasteiger partial charge in [-0.25, -0.2) is 9.59 Å². The second-order valence-electron chi connectivity index (χ2n) is 5.17. The molecule has 0 radical (unpaired) electrons. The van der Waals surface area contributed by atoms with Crippen LogP contribution in [0.4, 0.5) is 5.69 Å². The summed E-state index contributed by atoms with van der Waals surface area (Å²) in [5, 5.41) is 0.912. The first kappa shape index (κ1) is 16.4. The molecule has 0 aliphatic carbocycles. The molecule has 6 heteroatoms. The summed E-state index contributed by atoms with van der Waals surface area (Å²) in [6.45, 7) is 0. The molecule has 2 heterocycles. The number of allylic oxidation sites excluding steroid dienone is 2. The SMILES string of the molecule is COC(=O)C1=C(C(=O)OC)N(c2cccc3cccnc23)C=CC=C1. The number of nitrogens with zero attached hydrogens (tertiary/aromatic N) is 2. The highest BCUT2D eigenvalue weighted by molar-refractivity contribution is 6.07. The van der Waals surface area contributed by atoms with E-state index in [0.29, 0.717) is 11.2 Å². The maximum Gasteiger partial charge on any atom is 0.355 e. The number of hydrogen-bond acceptors (Lipinski definition) is 6. The molecular formula is C19H16N2O4. The van der Waals surface area contributed by atoms with Crippen molar-refractivity contribution in [1.29, 1.82) is 0 Å². The summed E-state index contributed by atoms with van der Waals surface area (Å²) in [6, 6.07) is 9.37. The molecule has 2 aromatic rings. The van der Waals surface area contributed by atoms with Crippen molar-refractivity contribution in [2.75, 3.05) is 19.1 Å². The van der Waals surface area contributed by atoms with Gasteiger partial charge in [0, 0.05) is 17.8 Å². The lowest BCUT2D eigenvalue weighted by Gasteiger charge is -2.23. The van der Waals surface area contributed by atoms with Crippen LogP contribution in [0.2, 0.25) is 0 Å². The summed E-state index contributed by atoms with van der Waals surface area (Å²) in [7, 11) is 2.53. The summed E-state index contributed by atoms with van der Waals surface area (Å²) in [6.07, 6.45) is 8.26. The van der Waals surface area contributed by atoms with Gasteiger partial charge in [0.05, 0.1) is 31.0 Å². The van der Waals surface area contributed by atoms with Gasteiger partial charge in [-0.2, -0.15) is 0 Å². The van der Waals surface area contributed by atoms with Gasteiger partial charge in [0.2, 0.25) is 0 Å². The molecule has 1 aliphatic rings. The Morgan fingerprint density at radius 2 is 1.76 bits per heavy atom. The highest BCUT2D eigenvalue weighted by atomic mass is 16.5. The Morgan fingerprint density at radius 1 is 1.00 bits per heavy atom. The topological polar surface area (TPSA) is 68.7 Å². The number of para-hydroxylation sites is 1. The minimum absolute atomic E-state index is 0.0671. The minimum atomic E-state index is -0.649. The molecule has 6 nitrogen and oxygen atoms in total. The number of ether oxygens (including phenoxy) is 2. The third kappa shape index (κ3) is 3.01. The van der Waals surface area contributed by atoms with Crippen LogP contribution in [0.3, 0.4) is 0 Å². The molecule has 0 atom stereocenters. The van der Waals surface area contributed by atoms with Crippen molar-refractivity contribution in [3.8, 4) is 0 Å². The van der Waals surface area contributed by atoms with Gasteiger partial charge in [0.15, 0.2) is 0 Å². The summed E-state index contributed by atoms with van der Waals surface area (Å²) >= 11 is 0. The van der Waals surface area contributed by atoms with Gasteiger partial charge in [-0.3, -0.25) is 4.98 Å². The molecule has 0 fully saturated rings. The fourth-order valence-corrected chi connectivity index (χ4v) is 2.63. The summed E-state index contributed by atoms with van der Waals surface area (Å²) in [4.78, 5) is 30.6. The third-order valence-corrected chi connectivity index (χ3v) is 3.76. The lowest BCUT2D eigenvalue weighted by Crippen LogP contribution is -2.27. The quantitative estimate of drug-likeness (QED) is 0.803. The van der Waals surface area contributed by atoms with Crippen molar-refractivity contribution < 1.29 is 19.1 Å². The number of methoxy groups -OCH3 is 2. The number of esters is 2. The van der Waals surface area contributed by atoms with E-state index in [9.17, 15) is 9.59 Å². The number of aromatic nitrogens is 1. The molecule has 0 saturated carbocycles. The van der Waals surface area contributed by atoms with Gasteiger partial charge >= 0.3 is 11.9 Å². The average Bonchev–Trinajstić information content (AvgIpc) is 2.89. The van der Waals surface area contributed by atoms with Crippen LogP contribution in [-0.2, 0) is 19.1 Å². The molecule has 1 aliphatic heterocycles. The van der Waals surface area contributed by atoms with Crippen LogP contribution in [0.15, 0.2) is 72.2 Å². The van der Waals surface area contributed by atoms with Crippen LogP contribution in [0, 0.1) is 0 Å². The van der Waals surface area contributed by atoms with E-state index in [4.69, 9.17) is 9.47 Å². The lowest BCUT2D eigenvalue weighted by molar-refractivity contribution is -0.139.